The second-order valence-corrected chi connectivity index (χ2v) is 9.78. The maximum atomic E-state index is 4.46. The van der Waals surface area contributed by atoms with Gasteiger partial charge in [-0.2, -0.15) is 0 Å². The Balaban J connectivity index is 2.02. The van der Waals surface area contributed by atoms with Gasteiger partial charge in [0, 0.05) is 0 Å². The number of allylic oxidation sites excluding steroid dienone is 1. The van der Waals surface area contributed by atoms with Gasteiger partial charge < -0.3 is 0 Å². The summed E-state index contributed by atoms with van der Waals surface area (Å²) in [4.78, 5) is 0. The van der Waals surface area contributed by atoms with E-state index in [-0.39, 0.29) is 0 Å². The molecule has 4 unspecified atom stereocenters. The molecule has 122 valence electrons. The van der Waals surface area contributed by atoms with E-state index in [1.807, 2.05) is 0 Å². The molecule has 0 aromatic rings. The van der Waals surface area contributed by atoms with Crippen molar-refractivity contribution in [1.29, 1.82) is 0 Å². The molecule has 21 heavy (non-hydrogen) atoms. The molecule has 2 fully saturated rings. The minimum Gasteiger partial charge on any atom is -0.0993 e. The Hall–Kier alpha value is -0.260. The highest BCUT2D eigenvalue weighted by molar-refractivity contribution is 5.22. The van der Waals surface area contributed by atoms with E-state index in [0.29, 0.717) is 16.2 Å². The van der Waals surface area contributed by atoms with Gasteiger partial charge in [-0.25, -0.2) is 0 Å². The monoisotopic (exact) mass is 290 g/mol. The highest BCUT2D eigenvalue weighted by Gasteiger charge is 2.57. The summed E-state index contributed by atoms with van der Waals surface area (Å²) in [6.45, 7) is 19.2. The molecule has 0 aromatic carbocycles. The van der Waals surface area contributed by atoms with Crippen LogP contribution in [0.2, 0.25) is 0 Å². The van der Waals surface area contributed by atoms with Crippen LogP contribution in [0.4, 0.5) is 0 Å². The lowest BCUT2D eigenvalue weighted by atomic mass is 9.53. The number of hydrogen-bond donors (Lipinski definition) is 0. The Labute approximate surface area is 133 Å². The Bertz CT molecular complexity index is 385. The lowest BCUT2D eigenvalue weighted by Gasteiger charge is -2.51. The van der Waals surface area contributed by atoms with Crippen molar-refractivity contribution in [1.82, 2.24) is 0 Å². The predicted molar refractivity (Wildman–Crippen MR) is 94.4 cm³/mol. The first-order valence-corrected chi connectivity index (χ1v) is 9.28. The summed E-state index contributed by atoms with van der Waals surface area (Å²) in [6, 6.07) is 0. The second-order valence-electron chi connectivity index (χ2n) is 9.78. The third-order valence-corrected chi connectivity index (χ3v) is 7.26. The number of rotatable bonds is 4. The molecular formula is C21H38. The smallest absolute Gasteiger partial charge is 0.00625 e. The first kappa shape index (κ1) is 17.1. The van der Waals surface area contributed by atoms with E-state index in [1.54, 1.807) is 5.57 Å². The fourth-order valence-electron chi connectivity index (χ4n) is 5.51. The van der Waals surface area contributed by atoms with Crippen LogP contribution in [-0.2, 0) is 0 Å². The predicted octanol–water partition coefficient (Wildman–Crippen LogP) is 7.00. The zero-order valence-corrected chi connectivity index (χ0v) is 15.5. The molecule has 0 heteroatoms. The lowest BCUT2D eigenvalue weighted by molar-refractivity contribution is 0.0342. The largest absolute Gasteiger partial charge is 0.0993 e. The van der Waals surface area contributed by atoms with E-state index in [4.69, 9.17) is 0 Å². The molecule has 0 aromatic heterocycles. The van der Waals surface area contributed by atoms with Crippen LogP contribution < -0.4 is 0 Å². The maximum Gasteiger partial charge on any atom is -0.00625 e. The summed E-state index contributed by atoms with van der Waals surface area (Å²) in [7, 11) is 0. The zero-order valence-electron chi connectivity index (χ0n) is 15.5. The van der Waals surface area contributed by atoms with Crippen LogP contribution in [0.3, 0.4) is 0 Å². The summed E-state index contributed by atoms with van der Waals surface area (Å²) < 4.78 is 0. The van der Waals surface area contributed by atoms with Crippen LogP contribution in [0.15, 0.2) is 12.2 Å². The third kappa shape index (κ3) is 3.10. The molecule has 4 atom stereocenters. The molecule has 0 radical (unpaired) electrons. The van der Waals surface area contributed by atoms with Crippen molar-refractivity contribution in [2.24, 2.45) is 28.1 Å². The van der Waals surface area contributed by atoms with E-state index in [9.17, 15) is 0 Å². The van der Waals surface area contributed by atoms with Crippen molar-refractivity contribution < 1.29 is 0 Å². The lowest BCUT2D eigenvalue weighted by Crippen LogP contribution is -2.42. The Morgan fingerprint density at radius 3 is 2.52 bits per heavy atom. The van der Waals surface area contributed by atoms with E-state index in [0.717, 1.165) is 11.8 Å². The fourth-order valence-corrected chi connectivity index (χ4v) is 5.51. The zero-order chi connectivity index (χ0) is 15.9. The van der Waals surface area contributed by atoms with E-state index < -0.39 is 0 Å². The summed E-state index contributed by atoms with van der Waals surface area (Å²) in [5, 5.41) is 0. The minimum atomic E-state index is 0.425. The second kappa shape index (κ2) is 5.74. The van der Waals surface area contributed by atoms with Gasteiger partial charge in [0.1, 0.15) is 0 Å². The average Bonchev–Trinajstić information content (AvgIpc) is 2.62. The van der Waals surface area contributed by atoms with Gasteiger partial charge in [0.05, 0.1) is 0 Å². The van der Waals surface area contributed by atoms with Gasteiger partial charge in [-0.05, 0) is 66.6 Å². The highest BCUT2D eigenvalue weighted by atomic mass is 14.6. The van der Waals surface area contributed by atoms with Gasteiger partial charge in [0.2, 0.25) is 0 Å². The van der Waals surface area contributed by atoms with Crippen molar-refractivity contribution in [2.45, 2.75) is 92.9 Å². The molecule has 2 aliphatic carbocycles. The fraction of sp³-hybridized carbons (Fsp3) is 0.905. The summed E-state index contributed by atoms with van der Waals surface area (Å²) in [6.07, 6.45) is 11.1. The van der Waals surface area contributed by atoms with E-state index in [1.165, 1.54) is 51.4 Å². The minimum absolute atomic E-state index is 0.425. The summed E-state index contributed by atoms with van der Waals surface area (Å²) in [5.74, 6) is 1.80. The van der Waals surface area contributed by atoms with Crippen molar-refractivity contribution in [3.63, 3.8) is 0 Å². The average molecular weight is 291 g/mol. The standard InChI is InChI=1S/C21H38/c1-16(10-8-13-19(3,4)5)18-12-15-20(6)17(2)11-9-14-21(18,20)7/h16,18H,2,8-15H2,1,3-7H3. The van der Waals surface area contributed by atoms with Crippen LogP contribution in [0.25, 0.3) is 0 Å². The first-order chi connectivity index (χ1) is 9.60. The van der Waals surface area contributed by atoms with Gasteiger partial charge in [0.15, 0.2) is 0 Å². The molecular weight excluding hydrogens is 252 g/mol. The molecule has 0 saturated heterocycles. The van der Waals surface area contributed by atoms with Gasteiger partial charge in [0.25, 0.3) is 0 Å². The van der Waals surface area contributed by atoms with Crippen LogP contribution >= 0.6 is 0 Å². The molecule has 0 aliphatic heterocycles. The van der Waals surface area contributed by atoms with Gasteiger partial charge in [-0.15, -0.1) is 0 Å². The van der Waals surface area contributed by atoms with E-state index >= 15 is 0 Å². The van der Waals surface area contributed by atoms with Gasteiger partial charge in [-0.3, -0.25) is 0 Å². The van der Waals surface area contributed by atoms with Gasteiger partial charge in [-0.1, -0.05) is 66.5 Å². The molecule has 0 heterocycles. The summed E-state index contributed by atoms with van der Waals surface area (Å²) >= 11 is 0. The quantitative estimate of drug-likeness (QED) is 0.489. The Morgan fingerprint density at radius 1 is 1.24 bits per heavy atom. The molecule has 0 nitrogen and oxygen atoms in total. The van der Waals surface area contributed by atoms with Crippen molar-refractivity contribution in [2.75, 3.05) is 0 Å². The van der Waals surface area contributed by atoms with Crippen LogP contribution in [0.1, 0.15) is 92.9 Å². The Morgan fingerprint density at radius 2 is 1.90 bits per heavy atom. The molecule has 0 bridgehead atoms. The Kier molecular flexibility index (Phi) is 4.68. The van der Waals surface area contributed by atoms with Crippen molar-refractivity contribution >= 4 is 0 Å². The number of hydrogen-bond acceptors (Lipinski definition) is 0. The highest BCUT2D eigenvalue weighted by Crippen LogP contribution is 2.66. The molecule has 2 saturated carbocycles. The topological polar surface area (TPSA) is 0 Å². The van der Waals surface area contributed by atoms with E-state index in [2.05, 4.69) is 48.1 Å². The van der Waals surface area contributed by atoms with Crippen LogP contribution in [0.5, 0.6) is 0 Å². The molecule has 0 spiro atoms. The van der Waals surface area contributed by atoms with Crippen LogP contribution in [0, 0.1) is 28.1 Å². The van der Waals surface area contributed by atoms with Gasteiger partial charge >= 0.3 is 0 Å². The van der Waals surface area contributed by atoms with Crippen molar-refractivity contribution in [3.05, 3.63) is 12.2 Å². The maximum absolute atomic E-state index is 4.46. The van der Waals surface area contributed by atoms with Crippen molar-refractivity contribution in [3.8, 4) is 0 Å². The molecule has 2 rings (SSSR count). The summed E-state index contributed by atoms with van der Waals surface area (Å²) in [5.41, 5.74) is 2.99. The number of fused-ring (bicyclic) bond motifs is 1. The SMILES string of the molecule is C=C1CCCC2(C)C(C(C)CCCC(C)(C)C)CCC12C. The third-order valence-electron chi connectivity index (χ3n) is 7.26. The molecule has 2 aliphatic rings. The first-order valence-electron chi connectivity index (χ1n) is 9.28. The molecule has 0 N–H and O–H groups in total. The van der Waals surface area contributed by atoms with Crippen LogP contribution in [-0.4, -0.2) is 0 Å². The normalized spacial score (nSPS) is 38.4. The molecule has 0 amide bonds.